The number of benzene rings is 1. The summed E-state index contributed by atoms with van der Waals surface area (Å²) in [5.74, 6) is 1.97. The van der Waals surface area contributed by atoms with Crippen LogP contribution in [0.1, 0.15) is 23.7 Å². The van der Waals surface area contributed by atoms with E-state index < -0.39 is 0 Å². The van der Waals surface area contributed by atoms with Crippen LogP contribution in [0.25, 0.3) is 11.4 Å². The number of nitrogens with zero attached hydrogens (tertiary/aromatic N) is 4. The van der Waals surface area contributed by atoms with E-state index in [0.717, 1.165) is 41.4 Å². The van der Waals surface area contributed by atoms with Crippen molar-refractivity contribution >= 4 is 0 Å². The number of ether oxygens (including phenoxy) is 2. The molecule has 29 heavy (non-hydrogen) atoms. The highest BCUT2D eigenvalue weighted by atomic mass is 16.5. The second-order valence-electron chi connectivity index (χ2n) is 6.85. The molecule has 3 aromatic rings. The molecule has 0 unspecified atom stereocenters. The number of hydrogen-bond acceptors (Lipinski definition) is 7. The van der Waals surface area contributed by atoms with Gasteiger partial charge in [-0.25, -0.2) is 15.0 Å². The van der Waals surface area contributed by atoms with Gasteiger partial charge in [-0.05, 0) is 24.6 Å². The zero-order valence-corrected chi connectivity index (χ0v) is 16.5. The van der Waals surface area contributed by atoms with Crippen LogP contribution in [0.3, 0.4) is 0 Å². The van der Waals surface area contributed by atoms with Gasteiger partial charge in [0.15, 0.2) is 11.5 Å². The van der Waals surface area contributed by atoms with Gasteiger partial charge in [0, 0.05) is 38.4 Å². The van der Waals surface area contributed by atoms with Crippen molar-refractivity contribution in [1.82, 2.24) is 24.8 Å². The minimum atomic E-state index is -0.108. The van der Waals surface area contributed by atoms with E-state index in [1.165, 1.54) is 6.33 Å². The van der Waals surface area contributed by atoms with E-state index in [0.29, 0.717) is 31.0 Å². The Hall–Kier alpha value is -3.26. The first-order valence-corrected chi connectivity index (χ1v) is 9.57. The van der Waals surface area contributed by atoms with Crippen LogP contribution >= 0.6 is 0 Å². The lowest BCUT2D eigenvalue weighted by molar-refractivity contribution is 0.241. The average Bonchev–Trinajstić information content (AvgIpc) is 2.76. The van der Waals surface area contributed by atoms with Gasteiger partial charge in [0.05, 0.1) is 30.5 Å². The summed E-state index contributed by atoms with van der Waals surface area (Å²) in [4.78, 5) is 30.4. The van der Waals surface area contributed by atoms with Crippen molar-refractivity contribution < 1.29 is 9.47 Å². The van der Waals surface area contributed by atoms with Gasteiger partial charge in [0.1, 0.15) is 12.2 Å². The monoisotopic (exact) mass is 393 g/mol. The van der Waals surface area contributed by atoms with Gasteiger partial charge in [-0.15, -0.1) is 0 Å². The number of rotatable bonds is 6. The Balaban J connectivity index is 1.53. The largest absolute Gasteiger partial charge is 0.493 e. The third kappa shape index (κ3) is 4.12. The van der Waals surface area contributed by atoms with Gasteiger partial charge >= 0.3 is 0 Å². The van der Waals surface area contributed by atoms with Gasteiger partial charge in [0.2, 0.25) is 0 Å². The molecule has 3 heterocycles. The van der Waals surface area contributed by atoms with Gasteiger partial charge < -0.3 is 14.5 Å². The summed E-state index contributed by atoms with van der Waals surface area (Å²) in [6.07, 6.45) is 5.46. The van der Waals surface area contributed by atoms with E-state index >= 15 is 0 Å². The highest BCUT2D eigenvalue weighted by molar-refractivity contribution is 5.52. The maximum atomic E-state index is 12.7. The SMILES string of the molecule is CCOc1ccc(CN2CCc3nc(-c4cncnc4)[nH]c(=O)c3C2)cc1OC. The van der Waals surface area contributed by atoms with Crippen molar-refractivity contribution in [2.24, 2.45) is 0 Å². The molecule has 0 saturated heterocycles. The van der Waals surface area contributed by atoms with Gasteiger partial charge in [0.25, 0.3) is 5.56 Å². The Morgan fingerprint density at radius 2 is 2.03 bits per heavy atom. The lowest BCUT2D eigenvalue weighted by Crippen LogP contribution is -2.35. The Bertz CT molecular complexity index is 1050. The van der Waals surface area contributed by atoms with Crippen molar-refractivity contribution in [2.45, 2.75) is 26.4 Å². The van der Waals surface area contributed by atoms with Gasteiger partial charge in [-0.2, -0.15) is 0 Å². The standard InChI is InChI=1S/C21H23N5O3/c1-3-29-18-5-4-14(8-19(18)28-2)11-26-7-6-17-16(12-26)21(27)25-20(24-17)15-9-22-13-23-10-15/h4-5,8-10,13H,3,6-7,11-12H2,1-2H3,(H,24,25,27). The molecular weight excluding hydrogens is 370 g/mol. The predicted octanol–water partition coefficient (Wildman–Crippen LogP) is 2.19. The third-order valence-corrected chi connectivity index (χ3v) is 4.92. The first-order valence-electron chi connectivity index (χ1n) is 9.57. The first-order chi connectivity index (χ1) is 14.2. The Kier molecular flexibility index (Phi) is 5.53. The summed E-state index contributed by atoms with van der Waals surface area (Å²) in [7, 11) is 1.64. The van der Waals surface area contributed by atoms with E-state index in [1.54, 1.807) is 19.5 Å². The highest BCUT2D eigenvalue weighted by Gasteiger charge is 2.22. The molecule has 8 nitrogen and oxygen atoms in total. The lowest BCUT2D eigenvalue weighted by Gasteiger charge is -2.28. The van der Waals surface area contributed by atoms with E-state index in [4.69, 9.17) is 9.47 Å². The van der Waals surface area contributed by atoms with Crippen LogP contribution in [0.4, 0.5) is 0 Å². The second kappa shape index (κ2) is 8.40. The molecule has 0 fully saturated rings. The van der Waals surface area contributed by atoms with Gasteiger partial charge in [-0.1, -0.05) is 6.07 Å². The zero-order valence-electron chi connectivity index (χ0n) is 16.5. The molecule has 0 spiro atoms. The fraction of sp³-hybridized carbons (Fsp3) is 0.333. The van der Waals surface area contributed by atoms with E-state index in [-0.39, 0.29) is 5.56 Å². The Labute approximate surface area is 168 Å². The normalized spacial score (nSPS) is 13.7. The molecule has 2 aromatic heterocycles. The highest BCUT2D eigenvalue weighted by Crippen LogP contribution is 2.29. The van der Waals surface area contributed by atoms with Crippen LogP contribution in [-0.4, -0.2) is 45.1 Å². The molecule has 0 amide bonds. The molecule has 0 aliphatic carbocycles. The van der Waals surface area contributed by atoms with Crippen LogP contribution in [0.15, 0.2) is 41.7 Å². The fourth-order valence-corrected chi connectivity index (χ4v) is 3.52. The molecule has 4 rings (SSSR count). The summed E-state index contributed by atoms with van der Waals surface area (Å²) in [6, 6.07) is 5.95. The topological polar surface area (TPSA) is 93.2 Å². The molecule has 0 bridgehead atoms. The predicted molar refractivity (Wildman–Crippen MR) is 108 cm³/mol. The van der Waals surface area contributed by atoms with E-state index in [1.807, 2.05) is 25.1 Å². The number of methoxy groups -OCH3 is 1. The Morgan fingerprint density at radius 3 is 2.79 bits per heavy atom. The first kappa shape index (κ1) is 19.1. The Morgan fingerprint density at radius 1 is 1.21 bits per heavy atom. The molecule has 0 radical (unpaired) electrons. The van der Waals surface area contributed by atoms with Crippen molar-refractivity contribution in [3.8, 4) is 22.9 Å². The van der Waals surface area contributed by atoms with Gasteiger partial charge in [-0.3, -0.25) is 9.69 Å². The van der Waals surface area contributed by atoms with Crippen molar-refractivity contribution in [3.63, 3.8) is 0 Å². The lowest BCUT2D eigenvalue weighted by atomic mass is 10.1. The zero-order chi connectivity index (χ0) is 20.2. The summed E-state index contributed by atoms with van der Waals surface area (Å²) in [5.41, 5.74) is 3.26. The molecule has 0 atom stereocenters. The molecule has 1 N–H and O–H groups in total. The molecule has 1 aliphatic rings. The van der Waals surface area contributed by atoms with Crippen molar-refractivity contribution in [3.05, 3.63) is 64.1 Å². The molecule has 0 saturated carbocycles. The summed E-state index contributed by atoms with van der Waals surface area (Å²) in [5, 5.41) is 0. The number of H-pyrrole nitrogens is 1. The molecule has 150 valence electrons. The summed E-state index contributed by atoms with van der Waals surface area (Å²) in [6.45, 7) is 4.63. The van der Waals surface area contributed by atoms with Crippen LogP contribution in [-0.2, 0) is 19.5 Å². The maximum absolute atomic E-state index is 12.7. The fourth-order valence-electron chi connectivity index (χ4n) is 3.52. The number of fused-ring (bicyclic) bond motifs is 1. The average molecular weight is 393 g/mol. The number of nitrogens with one attached hydrogen (secondary N) is 1. The van der Waals surface area contributed by atoms with Crippen molar-refractivity contribution in [2.75, 3.05) is 20.3 Å². The van der Waals surface area contributed by atoms with E-state index in [9.17, 15) is 4.79 Å². The minimum absolute atomic E-state index is 0.108. The number of hydrogen-bond donors (Lipinski definition) is 1. The molecule has 1 aromatic carbocycles. The smallest absolute Gasteiger partial charge is 0.255 e. The van der Waals surface area contributed by atoms with Crippen LogP contribution in [0.5, 0.6) is 11.5 Å². The molecule has 8 heteroatoms. The number of aromatic nitrogens is 4. The maximum Gasteiger partial charge on any atom is 0.255 e. The quantitative estimate of drug-likeness (QED) is 0.686. The minimum Gasteiger partial charge on any atom is -0.493 e. The second-order valence-corrected chi connectivity index (χ2v) is 6.85. The van der Waals surface area contributed by atoms with E-state index in [2.05, 4.69) is 24.8 Å². The van der Waals surface area contributed by atoms with Crippen LogP contribution in [0.2, 0.25) is 0 Å². The van der Waals surface area contributed by atoms with Crippen LogP contribution in [0, 0.1) is 0 Å². The number of aromatic amines is 1. The molecule has 1 aliphatic heterocycles. The van der Waals surface area contributed by atoms with Crippen LogP contribution < -0.4 is 15.0 Å². The summed E-state index contributed by atoms with van der Waals surface area (Å²) >= 11 is 0. The molecular formula is C21H23N5O3. The van der Waals surface area contributed by atoms with Crippen molar-refractivity contribution in [1.29, 1.82) is 0 Å². The third-order valence-electron chi connectivity index (χ3n) is 4.92. The summed E-state index contributed by atoms with van der Waals surface area (Å²) < 4.78 is 11.0.